The number of imidazole rings is 1. The second kappa shape index (κ2) is 8.31. The Labute approximate surface area is 187 Å². The van der Waals surface area contributed by atoms with E-state index in [1.165, 1.54) is 9.87 Å². The number of para-hydroxylation sites is 1. The summed E-state index contributed by atoms with van der Waals surface area (Å²) in [6.07, 6.45) is 1.73. The van der Waals surface area contributed by atoms with Crippen LogP contribution in [-0.4, -0.2) is 61.0 Å². The third kappa shape index (κ3) is 3.70. The number of ether oxygens (including phenoxy) is 1. The second-order valence-electron chi connectivity index (χ2n) is 8.18. The lowest BCUT2D eigenvalue weighted by Crippen LogP contribution is -2.40. The van der Waals surface area contributed by atoms with Gasteiger partial charge < -0.3 is 14.2 Å². The number of nitrogens with zero attached hydrogens (tertiary/aromatic N) is 4. The van der Waals surface area contributed by atoms with Crippen LogP contribution in [0.15, 0.2) is 47.4 Å². The van der Waals surface area contributed by atoms with Gasteiger partial charge in [-0.15, -0.1) is 0 Å². The van der Waals surface area contributed by atoms with E-state index in [1.54, 1.807) is 18.2 Å². The van der Waals surface area contributed by atoms with Gasteiger partial charge in [0.1, 0.15) is 5.82 Å². The van der Waals surface area contributed by atoms with Gasteiger partial charge in [-0.2, -0.15) is 4.31 Å². The predicted octanol–water partition coefficient (Wildman–Crippen LogP) is 2.12. The molecule has 0 atom stereocenters. The van der Waals surface area contributed by atoms with Gasteiger partial charge >= 0.3 is 0 Å². The van der Waals surface area contributed by atoms with Crippen LogP contribution in [0.3, 0.4) is 0 Å². The van der Waals surface area contributed by atoms with Crippen LogP contribution in [0.25, 0.3) is 11.0 Å². The maximum absolute atomic E-state index is 13.0. The molecule has 9 heteroatoms. The van der Waals surface area contributed by atoms with Crippen molar-refractivity contribution >= 4 is 32.7 Å². The van der Waals surface area contributed by atoms with Crippen molar-refractivity contribution in [3.8, 4) is 0 Å². The zero-order valence-electron chi connectivity index (χ0n) is 18.0. The summed E-state index contributed by atoms with van der Waals surface area (Å²) in [5.74, 6) is 0.847. The van der Waals surface area contributed by atoms with Gasteiger partial charge in [0.25, 0.3) is 0 Å². The third-order valence-electron chi connectivity index (χ3n) is 6.30. The maximum atomic E-state index is 13.0. The Balaban J connectivity index is 1.34. The molecule has 3 aromatic rings. The molecule has 0 aliphatic carbocycles. The van der Waals surface area contributed by atoms with E-state index in [9.17, 15) is 13.2 Å². The van der Waals surface area contributed by atoms with E-state index in [0.29, 0.717) is 51.2 Å². The van der Waals surface area contributed by atoms with Crippen LogP contribution >= 0.6 is 0 Å². The van der Waals surface area contributed by atoms with Crippen molar-refractivity contribution in [3.05, 3.63) is 53.9 Å². The fourth-order valence-electron chi connectivity index (χ4n) is 4.50. The van der Waals surface area contributed by atoms with E-state index in [1.807, 2.05) is 34.7 Å². The fourth-order valence-corrected chi connectivity index (χ4v) is 5.93. The number of fused-ring (bicyclic) bond motifs is 2. The van der Waals surface area contributed by atoms with Crippen LogP contribution in [0.2, 0.25) is 0 Å². The summed E-state index contributed by atoms with van der Waals surface area (Å²) in [5.41, 5.74) is 3.67. The van der Waals surface area contributed by atoms with Crippen LogP contribution in [0.4, 0.5) is 5.69 Å². The number of aryl methyl sites for hydroxylation is 2. The summed E-state index contributed by atoms with van der Waals surface area (Å²) in [4.78, 5) is 19.6. The number of rotatable bonds is 5. The highest BCUT2D eigenvalue weighted by Gasteiger charge is 2.27. The maximum Gasteiger partial charge on any atom is 0.243 e. The third-order valence-corrected chi connectivity index (χ3v) is 8.20. The van der Waals surface area contributed by atoms with Gasteiger partial charge in [0.15, 0.2) is 0 Å². The number of sulfonamides is 1. The van der Waals surface area contributed by atoms with Crippen molar-refractivity contribution in [2.75, 3.05) is 37.7 Å². The highest BCUT2D eigenvalue weighted by atomic mass is 32.2. The normalized spacial score (nSPS) is 17.1. The van der Waals surface area contributed by atoms with Gasteiger partial charge in [0, 0.05) is 45.2 Å². The number of carbonyl (C=O) groups is 1. The van der Waals surface area contributed by atoms with Crippen LogP contribution < -0.4 is 4.90 Å². The standard InChI is InChI=1S/C23H26N4O4S/c1-25-21-7-6-18(32(29,30)26-12-14-31-15-13-26)16-19(21)24-22(25)8-9-23(28)27-11-10-17-4-2-3-5-20(17)27/h2-7,16H,8-15H2,1H3. The number of anilines is 1. The van der Waals surface area contributed by atoms with Gasteiger partial charge in [0.05, 0.1) is 29.1 Å². The van der Waals surface area contributed by atoms with E-state index in [0.717, 1.165) is 23.4 Å². The van der Waals surface area contributed by atoms with Crippen molar-refractivity contribution in [3.63, 3.8) is 0 Å². The second-order valence-corrected chi connectivity index (χ2v) is 10.1. The van der Waals surface area contributed by atoms with E-state index >= 15 is 0 Å². The van der Waals surface area contributed by atoms with Crippen molar-refractivity contribution < 1.29 is 17.9 Å². The summed E-state index contributed by atoms with van der Waals surface area (Å²) in [6, 6.07) is 13.1. The number of hydrogen-bond acceptors (Lipinski definition) is 5. The van der Waals surface area contributed by atoms with E-state index < -0.39 is 10.0 Å². The SMILES string of the molecule is Cn1c(CCC(=O)N2CCc3ccccc32)nc2cc(S(=O)(=O)N3CCOCC3)ccc21. The van der Waals surface area contributed by atoms with Gasteiger partial charge in [-0.3, -0.25) is 4.79 Å². The van der Waals surface area contributed by atoms with Crippen LogP contribution in [0, 0.1) is 0 Å². The Hall–Kier alpha value is -2.75. The van der Waals surface area contributed by atoms with E-state index in [-0.39, 0.29) is 10.8 Å². The van der Waals surface area contributed by atoms with Crippen molar-refractivity contribution in [1.29, 1.82) is 0 Å². The smallest absolute Gasteiger partial charge is 0.243 e. The first-order chi connectivity index (χ1) is 15.4. The zero-order valence-corrected chi connectivity index (χ0v) is 18.8. The lowest BCUT2D eigenvalue weighted by Gasteiger charge is -2.26. The minimum absolute atomic E-state index is 0.0811. The molecule has 2 aliphatic rings. The molecule has 2 aliphatic heterocycles. The molecule has 1 fully saturated rings. The molecule has 0 spiro atoms. The summed E-state index contributed by atoms with van der Waals surface area (Å²) >= 11 is 0. The molecule has 0 bridgehead atoms. The van der Waals surface area contributed by atoms with Crippen LogP contribution in [0.1, 0.15) is 17.8 Å². The number of amides is 1. The first-order valence-corrected chi connectivity index (χ1v) is 12.3. The topological polar surface area (TPSA) is 84.7 Å². The lowest BCUT2D eigenvalue weighted by atomic mass is 10.2. The minimum Gasteiger partial charge on any atom is -0.379 e. The van der Waals surface area contributed by atoms with Gasteiger partial charge in [-0.1, -0.05) is 18.2 Å². The molecule has 32 heavy (non-hydrogen) atoms. The predicted molar refractivity (Wildman–Crippen MR) is 121 cm³/mol. The minimum atomic E-state index is -3.58. The molecule has 168 valence electrons. The molecular formula is C23H26N4O4S. The molecule has 0 saturated carbocycles. The number of morpholine rings is 1. The summed E-state index contributed by atoms with van der Waals surface area (Å²) < 4.78 is 34.6. The van der Waals surface area contributed by atoms with Gasteiger partial charge in [0.2, 0.25) is 15.9 Å². The highest BCUT2D eigenvalue weighted by Crippen LogP contribution is 2.28. The highest BCUT2D eigenvalue weighted by molar-refractivity contribution is 7.89. The Morgan fingerprint density at radius 2 is 1.88 bits per heavy atom. The van der Waals surface area contributed by atoms with Crippen molar-refractivity contribution in [1.82, 2.24) is 13.9 Å². The molecule has 1 amide bonds. The Morgan fingerprint density at radius 1 is 1.09 bits per heavy atom. The monoisotopic (exact) mass is 454 g/mol. The quantitative estimate of drug-likeness (QED) is 0.590. The summed E-state index contributed by atoms with van der Waals surface area (Å²) in [7, 11) is -1.68. The first-order valence-electron chi connectivity index (χ1n) is 10.9. The van der Waals surface area contributed by atoms with Crippen LogP contribution in [0.5, 0.6) is 0 Å². The van der Waals surface area contributed by atoms with Gasteiger partial charge in [-0.05, 0) is 36.2 Å². The Morgan fingerprint density at radius 3 is 2.69 bits per heavy atom. The number of hydrogen-bond donors (Lipinski definition) is 0. The molecule has 0 unspecified atom stereocenters. The van der Waals surface area contributed by atoms with E-state index in [2.05, 4.69) is 11.1 Å². The summed E-state index contributed by atoms with van der Waals surface area (Å²) in [5, 5.41) is 0. The number of carbonyl (C=O) groups excluding carboxylic acids is 1. The molecule has 5 rings (SSSR count). The fraction of sp³-hybridized carbons (Fsp3) is 0.391. The largest absolute Gasteiger partial charge is 0.379 e. The Bertz CT molecular complexity index is 1280. The number of aromatic nitrogens is 2. The molecule has 8 nitrogen and oxygen atoms in total. The molecule has 3 heterocycles. The number of benzene rings is 2. The lowest BCUT2D eigenvalue weighted by molar-refractivity contribution is -0.118. The molecule has 1 saturated heterocycles. The molecule has 0 radical (unpaired) electrons. The van der Waals surface area contributed by atoms with Gasteiger partial charge in [-0.25, -0.2) is 13.4 Å². The average molecular weight is 455 g/mol. The molecular weight excluding hydrogens is 428 g/mol. The Kier molecular flexibility index (Phi) is 5.48. The average Bonchev–Trinajstić information content (AvgIpc) is 3.39. The van der Waals surface area contributed by atoms with Crippen molar-refractivity contribution in [2.45, 2.75) is 24.2 Å². The first kappa shape index (κ1) is 21.1. The molecule has 1 aromatic heterocycles. The van der Waals surface area contributed by atoms with E-state index in [4.69, 9.17) is 4.74 Å². The molecule has 2 aromatic carbocycles. The van der Waals surface area contributed by atoms with Crippen LogP contribution in [-0.2, 0) is 39.4 Å². The summed E-state index contributed by atoms with van der Waals surface area (Å²) in [6.45, 7) is 2.24. The van der Waals surface area contributed by atoms with Crippen molar-refractivity contribution in [2.24, 2.45) is 7.05 Å². The molecule has 0 N–H and O–H groups in total. The zero-order chi connectivity index (χ0) is 22.3.